The van der Waals surface area contributed by atoms with Gasteiger partial charge in [0.2, 0.25) is 0 Å². The van der Waals surface area contributed by atoms with Gasteiger partial charge in [-0.05, 0) is 0 Å². The summed E-state index contributed by atoms with van der Waals surface area (Å²) in [4.78, 5) is 0. The first-order valence-electron chi connectivity index (χ1n) is 11.6. The molecule has 2 unspecified atom stereocenters. The average Bonchev–Trinajstić information content (AvgIpc) is 3.18. The Labute approximate surface area is 197 Å². The van der Waals surface area contributed by atoms with Crippen molar-refractivity contribution in [3.63, 3.8) is 0 Å². The molecule has 2 atom stereocenters. The van der Waals surface area contributed by atoms with Gasteiger partial charge in [0.15, 0.2) is 0 Å². The molecule has 2 aromatic rings. The van der Waals surface area contributed by atoms with Gasteiger partial charge in [-0.2, -0.15) is 0 Å². The molecule has 0 aliphatic heterocycles. The van der Waals surface area contributed by atoms with Crippen LogP contribution < -0.4 is 0 Å². The van der Waals surface area contributed by atoms with E-state index < -0.39 is 20.4 Å². The molecule has 0 bridgehead atoms. The zero-order valence-electron chi connectivity index (χ0n) is 20.7. The van der Waals surface area contributed by atoms with E-state index in [1.165, 1.54) is 33.4 Å². The van der Waals surface area contributed by atoms with Crippen LogP contribution in [0.3, 0.4) is 0 Å². The van der Waals surface area contributed by atoms with Crippen LogP contribution in [-0.2, 0) is 20.4 Å². The maximum absolute atomic E-state index is 2.72. The van der Waals surface area contributed by atoms with E-state index in [4.69, 9.17) is 0 Å². The molecule has 160 valence electrons. The number of aryl methyl sites for hydroxylation is 2. The van der Waals surface area contributed by atoms with Crippen molar-refractivity contribution >= 4 is 11.0 Å². The van der Waals surface area contributed by atoms with Crippen LogP contribution in [-0.4, -0.2) is 5.43 Å². The number of hydrogen-bond donors (Lipinski definition) is 0. The quantitative estimate of drug-likeness (QED) is 0.370. The molecule has 0 fully saturated rings. The Balaban J connectivity index is 1.95. The van der Waals surface area contributed by atoms with E-state index in [9.17, 15) is 0 Å². The molecule has 31 heavy (non-hydrogen) atoms. The normalized spacial score (nSPS) is 20.4. The van der Waals surface area contributed by atoms with Crippen LogP contribution in [0.1, 0.15) is 64.7 Å². The van der Waals surface area contributed by atoms with Crippen molar-refractivity contribution in [1.82, 2.24) is 0 Å². The third-order valence-corrected chi connectivity index (χ3v) is 26.4. The third kappa shape index (κ3) is 3.79. The van der Waals surface area contributed by atoms with Crippen LogP contribution in [0.15, 0.2) is 62.5 Å². The molecule has 0 spiro atoms. The fraction of sp³-hybridized carbons (Fsp3) is 0.379. The summed E-state index contributed by atoms with van der Waals surface area (Å²) < 4.78 is 2.58. The van der Waals surface area contributed by atoms with E-state index in [2.05, 4.69) is 104 Å². The van der Waals surface area contributed by atoms with Gasteiger partial charge in [-0.25, -0.2) is 0 Å². The number of allylic oxidation sites excluding steroid dienone is 5. The Bertz CT molecular complexity index is 1220. The minimum absolute atomic E-state index is 0.355. The molecular weight excluding hydrogens is 468 g/mol. The summed E-state index contributed by atoms with van der Waals surface area (Å²) in [5, 5.41) is 0. The van der Waals surface area contributed by atoms with Gasteiger partial charge < -0.3 is 0 Å². The first-order valence-corrected chi connectivity index (χ1v) is 20.4. The van der Waals surface area contributed by atoms with Crippen LogP contribution in [0.25, 0.3) is 5.57 Å². The Morgan fingerprint density at radius 1 is 0.839 bits per heavy atom. The van der Waals surface area contributed by atoms with Gasteiger partial charge in [-0.3, -0.25) is 0 Å². The van der Waals surface area contributed by atoms with Crippen molar-refractivity contribution in [1.29, 1.82) is 0 Å². The van der Waals surface area contributed by atoms with Gasteiger partial charge in [0.05, 0.1) is 0 Å². The van der Waals surface area contributed by atoms with Crippen molar-refractivity contribution in [2.24, 2.45) is 5.92 Å². The van der Waals surface area contributed by atoms with Crippen molar-refractivity contribution in [3.8, 4) is 0 Å². The summed E-state index contributed by atoms with van der Waals surface area (Å²) in [6, 6.07) is 14.1. The Morgan fingerprint density at radius 2 is 1.52 bits per heavy atom. The molecule has 0 radical (unpaired) electrons. The van der Waals surface area contributed by atoms with Gasteiger partial charge in [-0.15, -0.1) is 0 Å². The summed E-state index contributed by atoms with van der Waals surface area (Å²) in [5.74, 6) is 0.655. The molecule has 2 heteroatoms. The van der Waals surface area contributed by atoms with E-state index in [0.717, 1.165) is 0 Å². The molecule has 0 amide bonds. The molecule has 0 nitrogen and oxygen atoms in total. The number of benzene rings is 2. The number of hydrogen-bond acceptors (Lipinski definition) is 0. The zero-order valence-corrected chi connectivity index (χ0v) is 24.2. The predicted octanol–water partition coefficient (Wildman–Crippen LogP) is 8.23. The van der Waals surface area contributed by atoms with E-state index >= 15 is 0 Å². The molecule has 0 heterocycles. The minimum atomic E-state index is -1.93. The fourth-order valence-electron chi connectivity index (χ4n) is 5.70. The molecular formula is C29H36SiZr. The second-order valence-electron chi connectivity index (χ2n) is 9.88. The Hall–Kier alpha value is -1.24. The second-order valence-corrected chi connectivity index (χ2v) is 27.3. The first kappa shape index (κ1) is 22.9. The third-order valence-electron chi connectivity index (χ3n) is 7.80. The Kier molecular flexibility index (Phi) is 6.36. The van der Waals surface area contributed by atoms with Crippen molar-refractivity contribution < 1.29 is 20.4 Å². The zero-order chi connectivity index (χ0) is 22.6. The van der Waals surface area contributed by atoms with Gasteiger partial charge in [-0.1, -0.05) is 0 Å². The van der Waals surface area contributed by atoms with E-state index in [0.29, 0.717) is 9.54 Å². The SMILES string of the molecule is CC1=C(C)C(C)[C]([Zr]([CH]2C=C(c3cc(C)cc(C)c3C)c3ccccc32)=[Si](C)C)=C1C. The predicted molar refractivity (Wildman–Crippen MR) is 135 cm³/mol. The molecule has 2 aliphatic rings. The molecule has 0 saturated carbocycles. The van der Waals surface area contributed by atoms with Crippen molar-refractivity contribution in [3.05, 3.63) is 95.9 Å². The molecule has 0 N–H and O–H groups in total. The first-order chi connectivity index (χ1) is 14.6. The van der Waals surface area contributed by atoms with E-state index in [1.807, 2.05) is 3.28 Å². The summed E-state index contributed by atoms with van der Waals surface area (Å²) in [7, 11) is 0. The standard InChI is InChI=1S/C18H17.C9H13.C2H6Si.Zr/c1-12-10-13(2)14(3)18(11-12)17-9-8-15-6-4-5-7-16(15)17;1-6-5-7(2)9(4)8(6)3;1-3-2;/h4-11H,1-3H3;6H,1-4H3;1-2H3;. The molecule has 0 saturated heterocycles. The van der Waals surface area contributed by atoms with Crippen LogP contribution in [0, 0.1) is 26.7 Å². The van der Waals surface area contributed by atoms with Crippen molar-refractivity contribution in [2.45, 2.75) is 65.2 Å². The average molecular weight is 504 g/mol. The summed E-state index contributed by atoms with van der Waals surface area (Å²) in [6.07, 6.45) is 2.72. The Morgan fingerprint density at radius 3 is 2.13 bits per heavy atom. The summed E-state index contributed by atoms with van der Waals surface area (Å²) in [6.45, 7) is 21.6. The molecule has 4 rings (SSSR count). The second kappa shape index (κ2) is 8.60. The van der Waals surface area contributed by atoms with E-state index in [1.54, 1.807) is 22.3 Å². The van der Waals surface area contributed by atoms with E-state index in [-0.39, 0.29) is 5.43 Å². The monoisotopic (exact) mass is 502 g/mol. The molecule has 2 aromatic carbocycles. The topological polar surface area (TPSA) is 0 Å². The maximum atomic E-state index is 2.72. The number of fused-ring (bicyclic) bond motifs is 1. The fourth-order valence-corrected chi connectivity index (χ4v) is 25.4. The van der Waals surface area contributed by atoms with Gasteiger partial charge in [0.25, 0.3) is 0 Å². The molecule has 2 aliphatic carbocycles. The number of rotatable bonds is 3. The van der Waals surface area contributed by atoms with Gasteiger partial charge in [0.1, 0.15) is 0 Å². The van der Waals surface area contributed by atoms with Gasteiger partial charge in [0, 0.05) is 0 Å². The van der Waals surface area contributed by atoms with Crippen LogP contribution in [0.5, 0.6) is 0 Å². The van der Waals surface area contributed by atoms with Gasteiger partial charge >= 0.3 is 198 Å². The van der Waals surface area contributed by atoms with Crippen molar-refractivity contribution in [2.75, 3.05) is 0 Å². The van der Waals surface area contributed by atoms with Crippen LogP contribution in [0.4, 0.5) is 0 Å². The van der Waals surface area contributed by atoms with Crippen LogP contribution >= 0.6 is 0 Å². The summed E-state index contributed by atoms with van der Waals surface area (Å²) >= 11 is -1.93. The van der Waals surface area contributed by atoms with Crippen LogP contribution in [0.2, 0.25) is 13.1 Å². The summed E-state index contributed by atoms with van der Waals surface area (Å²) in [5.41, 5.74) is 14.8. The molecule has 0 aromatic heterocycles.